The lowest BCUT2D eigenvalue weighted by Gasteiger charge is -2.31. The van der Waals surface area contributed by atoms with Gasteiger partial charge in [0.1, 0.15) is 5.82 Å². The summed E-state index contributed by atoms with van der Waals surface area (Å²) in [5.41, 5.74) is -0.0338. The second-order valence-electron chi connectivity index (χ2n) is 4.53. The van der Waals surface area contributed by atoms with Crippen molar-refractivity contribution in [2.45, 2.75) is 12.8 Å². The van der Waals surface area contributed by atoms with Crippen LogP contribution in [0.15, 0.2) is 22.7 Å². The third-order valence-corrected chi connectivity index (χ3v) is 3.90. The van der Waals surface area contributed by atoms with Gasteiger partial charge in [0.25, 0.3) is 5.91 Å². The number of likely N-dealkylation sites (tertiary alicyclic amines) is 1. The summed E-state index contributed by atoms with van der Waals surface area (Å²) in [5, 5.41) is 9.00. The third-order valence-electron chi connectivity index (χ3n) is 3.23. The van der Waals surface area contributed by atoms with Crippen LogP contribution in [0.5, 0.6) is 0 Å². The maximum absolute atomic E-state index is 13.7. The molecule has 1 atom stereocenters. The summed E-state index contributed by atoms with van der Waals surface area (Å²) in [5.74, 6) is -2.54. The van der Waals surface area contributed by atoms with Crippen LogP contribution in [0.4, 0.5) is 4.39 Å². The van der Waals surface area contributed by atoms with E-state index in [1.54, 1.807) is 6.07 Å². The second kappa shape index (κ2) is 5.69. The number of rotatable bonds is 2. The second-order valence-corrected chi connectivity index (χ2v) is 5.38. The standard InChI is InChI=1S/C13H13BrFNO3/c14-9-4-1-5-10(15)11(9)12(17)16-6-2-3-8(7-16)13(18)19/h1,4-5,8H,2-3,6-7H2,(H,18,19)/t8-/m1/s1. The fourth-order valence-electron chi connectivity index (χ4n) is 2.22. The fraction of sp³-hybridized carbons (Fsp3) is 0.385. The molecule has 1 amide bonds. The van der Waals surface area contributed by atoms with Gasteiger partial charge in [-0.3, -0.25) is 9.59 Å². The van der Waals surface area contributed by atoms with Crippen molar-refractivity contribution in [3.63, 3.8) is 0 Å². The Morgan fingerprint density at radius 1 is 1.42 bits per heavy atom. The molecule has 0 spiro atoms. The highest BCUT2D eigenvalue weighted by atomic mass is 79.9. The van der Waals surface area contributed by atoms with Gasteiger partial charge in [-0.1, -0.05) is 6.07 Å². The van der Waals surface area contributed by atoms with E-state index in [0.717, 1.165) is 0 Å². The molecule has 0 radical (unpaired) electrons. The van der Waals surface area contributed by atoms with E-state index in [1.165, 1.54) is 17.0 Å². The van der Waals surface area contributed by atoms with Gasteiger partial charge in [0, 0.05) is 17.6 Å². The predicted octanol–water partition coefficient (Wildman–Crippen LogP) is 2.53. The van der Waals surface area contributed by atoms with Crippen molar-refractivity contribution in [3.8, 4) is 0 Å². The van der Waals surface area contributed by atoms with Crippen LogP contribution >= 0.6 is 15.9 Å². The number of amides is 1. The first-order valence-electron chi connectivity index (χ1n) is 5.97. The Labute approximate surface area is 118 Å². The Morgan fingerprint density at radius 3 is 2.79 bits per heavy atom. The molecule has 1 heterocycles. The molecule has 2 rings (SSSR count). The molecule has 4 nitrogen and oxygen atoms in total. The van der Waals surface area contributed by atoms with Crippen molar-refractivity contribution in [1.82, 2.24) is 4.90 Å². The Morgan fingerprint density at radius 2 is 2.16 bits per heavy atom. The molecule has 19 heavy (non-hydrogen) atoms. The van der Waals surface area contributed by atoms with Gasteiger partial charge in [-0.15, -0.1) is 0 Å². The van der Waals surface area contributed by atoms with E-state index in [1.807, 2.05) is 0 Å². The summed E-state index contributed by atoms with van der Waals surface area (Å²) in [6.45, 7) is 0.596. The van der Waals surface area contributed by atoms with Gasteiger partial charge in [-0.25, -0.2) is 4.39 Å². The zero-order valence-electron chi connectivity index (χ0n) is 10.1. The number of carbonyl (C=O) groups is 2. The average Bonchev–Trinajstić information content (AvgIpc) is 2.38. The Hall–Kier alpha value is -1.43. The minimum atomic E-state index is -0.912. The summed E-state index contributed by atoms with van der Waals surface area (Å²) in [6.07, 6.45) is 1.17. The molecule has 102 valence electrons. The van der Waals surface area contributed by atoms with Crippen molar-refractivity contribution in [2.24, 2.45) is 5.92 Å². The van der Waals surface area contributed by atoms with Crippen molar-refractivity contribution in [3.05, 3.63) is 34.1 Å². The van der Waals surface area contributed by atoms with E-state index in [0.29, 0.717) is 23.9 Å². The monoisotopic (exact) mass is 329 g/mol. The minimum absolute atomic E-state index is 0.0338. The quantitative estimate of drug-likeness (QED) is 0.907. The van der Waals surface area contributed by atoms with Crippen molar-refractivity contribution < 1.29 is 19.1 Å². The molecule has 1 fully saturated rings. The molecule has 1 N–H and O–H groups in total. The normalized spacial score (nSPS) is 19.3. The molecular formula is C13H13BrFNO3. The number of hydrogen-bond acceptors (Lipinski definition) is 2. The van der Waals surface area contributed by atoms with Crippen molar-refractivity contribution >= 4 is 27.8 Å². The van der Waals surface area contributed by atoms with E-state index in [2.05, 4.69) is 15.9 Å². The first-order valence-corrected chi connectivity index (χ1v) is 6.76. The van der Waals surface area contributed by atoms with Gasteiger partial charge in [0.15, 0.2) is 0 Å². The highest BCUT2D eigenvalue weighted by molar-refractivity contribution is 9.10. The van der Waals surface area contributed by atoms with Crippen LogP contribution in [0.3, 0.4) is 0 Å². The summed E-state index contributed by atoms with van der Waals surface area (Å²) in [6, 6.07) is 4.32. The zero-order valence-corrected chi connectivity index (χ0v) is 11.7. The van der Waals surface area contributed by atoms with Crippen LogP contribution in [-0.2, 0) is 4.79 Å². The summed E-state index contributed by atoms with van der Waals surface area (Å²) < 4.78 is 14.1. The van der Waals surface area contributed by atoms with E-state index >= 15 is 0 Å². The lowest BCUT2D eigenvalue weighted by molar-refractivity contribution is -0.143. The number of piperidine rings is 1. The van der Waals surface area contributed by atoms with E-state index < -0.39 is 23.6 Å². The van der Waals surface area contributed by atoms with Gasteiger partial charge >= 0.3 is 5.97 Å². The number of hydrogen-bond donors (Lipinski definition) is 1. The molecule has 1 aliphatic heterocycles. The maximum Gasteiger partial charge on any atom is 0.308 e. The van der Waals surface area contributed by atoms with E-state index in [4.69, 9.17) is 5.11 Å². The molecule has 0 saturated carbocycles. The van der Waals surface area contributed by atoms with Crippen molar-refractivity contribution in [2.75, 3.05) is 13.1 Å². The van der Waals surface area contributed by atoms with Crippen LogP contribution in [0, 0.1) is 11.7 Å². The number of carbonyl (C=O) groups excluding carboxylic acids is 1. The van der Waals surface area contributed by atoms with Crippen LogP contribution in [0.2, 0.25) is 0 Å². The lowest BCUT2D eigenvalue weighted by Crippen LogP contribution is -2.42. The molecule has 1 saturated heterocycles. The van der Waals surface area contributed by atoms with Crippen LogP contribution in [0.25, 0.3) is 0 Å². The van der Waals surface area contributed by atoms with Gasteiger partial charge in [-0.2, -0.15) is 0 Å². The number of carboxylic acid groups (broad SMARTS) is 1. The van der Waals surface area contributed by atoms with Gasteiger partial charge < -0.3 is 10.0 Å². The number of benzene rings is 1. The number of nitrogens with zero attached hydrogens (tertiary/aromatic N) is 1. The first kappa shape index (κ1) is 14.0. The summed E-state index contributed by atoms with van der Waals surface area (Å²) in [4.78, 5) is 24.7. The smallest absolute Gasteiger partial charge is 0.308 e. The van der Waals surface area contributed by atoms with Crippen LogP contribution < -0.4 is 0 Å². The topological polar surface area (TPSA) is 57.6 Å². The molecule has 1 aromatic rings. The highest BCUT2D eigenvalue weighted by Gasteiger charge is 2.30. The van der Waals surface area contributed by atoms with Crippen molar-refractivity contribution in [1.29, 1.82) is 0 Å². The third kappa shape index (κ3) is 2.94. The molecule has 0 unspecified atom stereocenters. The lowest BCUT2D eigenvalue weighted by atomic mass is 9.97. The molecule has 6 heteroatoms. The zero-order chi connectivity index (χ0) is 14.0. The molecule has 0 aromatic heterocycles. The number of carboxylic acids is 1. The predicted molar refractivity (Wildman–Crippen MR) is 70.4 cm³/mol. The molecule has 0 aliphatic carbocycles. The minimum Gasteiger partial charge on any atom is -0.481 e. The van der Waals surface area contributed by atoms with Crippen LogP contribution in [-0.4, -0.2) is 35.0 Å². The molecule has 0 bridgehead atoms. The first-order chi connectivity index (χ1) is 9.00. The number of halogens is 2. The molecule has 1 aliphatic rings. The highest BCUT2D eigenvalue weighted by Crippen LogP contribution is 2.24. The largest absolute Gasteiger partial charge is 0.481 e. The van der Waals surface area contributed by atoms with E-state index in [9.17, 15) is 14.0 Å². The SMILES string of the molecule is O=C(O)[C@@H]1CCCN(C(=O)c2c(F)cccc2Br)C1. The Bertz CT molecular complexity index is 500. The fourth-order valence-corrected chi connectivity index (χ4v) is 2.74. The summed E-state index contributed by atoms with van der Waals surface area (Å²) >= 11 is 3.15. The maximum atomic E-state index is 13.7. The average molecular weight is 330 g/mol. The van der Waals surface area contributed by atoms with E-state index in [-0.39, 0.29) is 12.1 Å². The molecule has 1 aromatic carbocycles. The van der Waals surface area contributed by atoms with Crippen LogP contribution in [0.1, 0.15) is 23.2 Å². The Kier molecular flexibility index (Phi) is 4.19. The summed E-state index contributed by atoms with van der Waals surface area (Å²) in [7, 11) is 0. The molecular weight excluding hydrogens is 317 g/mol. The number of aliphatic carboxylic acids is 1. The van der Waals surface area contributed by atoms with Gasteiger partial charge in [0.05, 0.1) is 11.5 Å². The van der Waals surface area contributed by atoms with Gasteiger partial charge in [0.2, 0.25) is 0 Å². The Balaban J connectivity index is 2.22. The van der Waals surface area contributed by atoms with Gasteiger partial charge in [-0.05, 0) is 40.9 Å².